The maximum absolute atomic E-state index is 5.96. The first-order valence-electron chi connectivity index (χ1n) is 10.1. The van der Waals surface area contributed by atoms with Gasteiger partial charge in [-0.05, 0) is 36.7 Å². The summed E-state index contributed by atoms with van der Waals surface area (Å²) in [5.74, 6) is 1.74. The lowest BCUT2D eigenvalue weighted by Crippen LogP contribution is -2.47. The number of guanidine groups is 1. The Morgan fingerprint density at radius 1 is 1.13 bits per heavy atom. The van der Waals surface area contributed by atoms with Crippen LogP contribution in [0, 0.1) is 0 Å². The molecule has 1 saturated heterocycles. The monoisotopic (exact) mass is 543 g/mol. The molecule has 1 aromatic carbocycles. The highest BCUT2D eigenvalue weighted by atomic mass is 127. The summed E-state index contributed by atoms with van der Waals surface area (Å²) in [4.78, 5) is 20.0. The third-order valence-corrected chi connectivity index (χ3v) is 5.30. The zero-order chi connectivity index (χ0) is 20.5. The molecule has 0 aliphatic carbocycles. The summed E-state index contributed by atoms with van der Waals surface area (Å²) in [7, 11) is 3.88. The molecule has 0 amide bonds. The van der Waals surface area contributed by atoms with E-state index in [0.717, 1.165) is 69.2 Å². The Hall–Kier alpha value is -1.65. The third-order valence-electron chi connectivity index (χ3n) is 5.05. The van der Waals surface area contributed by atoms with Gasteiger partial charge in [0, 0.05) is 70.8 Å². The maximum atomic E-state index is 5.96. The summed E-state index contributed by atoms with van der Waals surface area (Å²) in [5.41, 5.74) is 1.21. The Balaban J connectivity index is 0.00000320. The first-order chi connectivity index (χ1) is 14.2. The predicted molar refractivity (Wildman–Crippen MR) is 135 cm³/mol. The van der Waals surface area contributed by atoms with Crippen LogP contribution < -0.4 is 10.2 Å². The van der Waals surface area contributed by atoms with Crippen LogP contribution in [0.5, 0.6) is 0 Å². The third kappa shape index (κ3) is 7.55. The van der Waals surface area contributed by atoms with E-state index in [-0.39, 0.29) is 24.0 Å². The lowest BCUT2D eigenvalue weighted by molar-refractivity contribution is 0.254. The average molecular weight is 544 g/mol. The number of hydrogen-bond donors (Lipinski definition) is 1. The highest BCUT2D eigenvalue weighted by Crippen LogP contribution is 2.11. The molecule has 9 heteroatoms. The molecule has 0 saturated carbocycles. The van der Waals surface area contributed by atoms with E-state index >= 15 is 0 Å². The van der Waals surface area contributed by atoms with Crippen molar-refractivity contribution in [3.8, 4) is 0 Å². The van der Waals surface area contributed by atoms with Crippen LogP contribution in [0.25, 0.3) is 0 Å². The number of aromatic nitrogens is 2. The molecule has 1 aliphatic rings. The molecule has 1 aliphatic heterocycles. The number of hydrogen-bond acceptors (Lipinski definition) is 5. The fourth-order valence-corrected chi connectivity index (χ4v) is 3.58. The lowest BCUT2D eigenvalue weighted by Gasteiger charge is -2.34. The number of nitrogens with zero attached hydrogens (tertiary/aromatic N) is 6. The van der Waals surface area contributed by atoms with Gasteiger partial charge in [-0.25, -0.2) is 9.97 Å². The maximum Gasteiger partial charge on any atom is 0.225 e. The molecule has 30 heavy (non-hydrogen) atoms. The minimum atomic E-state index is 0. The molecule has 0 radical (unpaired) electrons. The number of nitrogens with one attached hydrogen (secondary N) is 1. The largest absolute Gasteiger partial charge is 0.356 e. The summed E-state index contributed by atoms with van der Waals surface area (Å²) < 4.78 is 0. The predicted octanol–water partition coefficient (Wildman–Crippen LogP) is 2.97. The second-order valence-corrected chi connectivity index (χ2v) is 7.62. The Morgan fingerprint density at radius 3 is 2.43 bits per heavy atom. The van der Waals surface area contributed by atoms with Crippen molar-refractivity contribution in [2.75, 3.05) is 58.3 Å². The van der Waals surface area contributed by atoms with E-state index in [0.29, 0.717) is 0 Å². The summed E-state index contributed by atoms with van der Waals surface area (Å²) in [6.07, 6.45) is 4.68. The summed E-state index contributed by atoms with van der Waals surface area (Å²) >= 11 is 5.96. The zero-order valence-electron chi connectivity index (χ0n) is 17.7. The Bertz CT molecular complexity index is 765. The van der Waals surface area contributed by atoms with Gasteiger partial charge in [0.25, 0.3) is 0 Å². The van der Waals surface area contributed by atoms with Gasteiger partial charge in [0.2, 0.25) is 5.95 Å². The molecule has 0 bridgehead atoms. The fraction of sp³-hybridized carbons (Fsp3) is 0.476. The Labute approximate surface area is 201 Å². The van der Waals surface area contributed by atoms with Crippen molar-refractivity contribution in [2.24, 2.45) is 4.99 Å². The zero-order valence-corrected chi connectivity index (χ0v) is 20.8. The molecule has 2 heterocycles. The number of benzene rings is 1. The number of aliphatic imine (C=N–C) groups is 1. The van der Waals surface area contributed by atoms with Crippen molar-refractivity contribution in [1.82, 2.24) is 25.1 Å². The van der Waals surface area contributed by atoms with Crippen LogP contribution in [0.2, 0.25) is 5.02 Å². The average Bonchev–Trinajstić information content (AvgIpc) is 2.76. The normalized spacial score (nSPS) is 14.9. The van der Waals surface area contributed by atoms with Crippen LogP contribution in [0.4, 0.5) is 5.95 Å². The summed E-state index contributed by atoms with van der Waals surface area (Å²) in [6, 6.07) is 9.79. The van der Waals surface area contributed by atoms with E-state index in [2.05, 4.69) is 42.0 Å². The van der Waals surface area contributed by atoms with Crippen LogP contribution >= 0.6 is 35.6 Å². The molecule has 1 fully saturated rings. The van der Waals surface area contributed by atoms with E-state index in [1.54, 1.807) is 12.4 Å². The highest BCUT2D eigenvalue weighted by Gasteiger charge is 2.18. The SMILES string of the molecule is CN=C(NCCCN1CCN(c2ncccn2)CC1)N(C)Cc1ccc(Cl)cc1.I. The van der Waals surface area contributed by atoms with Crippen LogP contribution in [0.1, 0.15) is 12.0 Å². The lowest BCUT2D eigenvalue weighted by atomic mass is 10.2. The van der Waals surface area contributed by atoms with E-state index in [1.807, 2.05) is 37.4 Å². The van der Waals surface area contributed by atoms with E-state index in [9.17, 15) is 0 Å². The minimum absolute atomic E-state index is 0. The highest BCUT2D eigenvalue weighted by molar-refractivity contribution is 14.0. The first kappa shape index (κ1) is 24.6. The van der Waals surface area contributed by atoms with Gasteiger partial charge in [0.1, 0.15) is 0 Å². The minimum Gasteiger partial charge on any atom is -0.356 e. The molecule has 7 nitrogen and oxygen atoms in total. The van der Waals surface area contributed by atoms with Crippen LogP contribution in [0.15, 0.2) is 47.7 Å². The van der Waals surface area contributed by atoms with Gasteiger partial charge in [0.05, 0.1) is 0 Å². The molecule has 0 unspecified atom stereocenters. The molecule has 1 N–H and O–H groups in total. The molecule has 2 aromatic rings. The van der Waals surface area contributed by atoms with E-state index < -0.39 is 0 Å². The molecular formula is C21H31ClIN7. The smallest absolute Gasteiger partial charge is 0.225 e. The molecule has 164 valence electrons. The number of anilines is 1. The van der Waals surface area contributed by atoms with Gasteiger partial charge >= 0.3 is 0 Å². The van der Waals surface area contributed by atoms with Gasteiger partial charge in [-0.2, -0.15) is 0 Å². The molecule has 3 rings (SSSR count). The number of piperazine rings is 1. The number of halogens is 2. The van der Waals surface area contributed by atoms with Gasteiger partial charge in [-0.1, -0.05) is 23.7 Å². The van der Waals surface area contributed by atoms with Gasteiger partial charge in [-0.15, -0.1) is 24.0 Å². The second kappa shape index (κ2) is 12.9. The molecular weight excluding hydrogens is 513 g/mol. The topological polar surface area (TPSA) is 59.9 Å². The van der Waals surface area contributed by atoms with Crippen LogP contribution in [-0.2, 0) is 6.54 Å². The molecule has 0 atom stereocenters. The van der Waals surface area contributed by atoms with Crippen molar-refractivity contribution < 1.29 is 0 Å². The van der Waals surface area contributed by atoms with Crippen LogP contribution in [-0.4, -0.2) is 79.1 Å². The van der Waals surface area contributed by atoms with Crippen molar-refractivity contribution in [3.63, 3.8) is 0 Å². The Kier molecular flexibility index (Phi) is 10.6. The number of rotatable bonds is 7. The van der Waals surface area contributed by atoms with Gasteiger partial charge in [-0.3, -0.25) is 9.89 Å². The van der Waals surface area contributed by atoms with Crippen molar-refractivity contribution in [1.29, 1.82) is 0 Å². The first-order valence-corrected chi connectivity index (χ1v) is 10.4. The fourth-order valence-electron chi connectivity index (χ4n) is 3.45. The summed E-state index contributed by atoms with van der Waals surface area (Å²) in [5, 5.41) is 4.23. The van der Waals surface area contributed by atoms with Gasteiger partial charge in [0.15, 0.2) is 5.96 Å². The van der Waals surface area contributed by atoms with Crippen LogP contribution in [0.3, 0.4) is 0 Å². The van der Waals surface area contributed by atoms with Gasteiger partial charge < -0.3 is 15.1 Å². The van der Waals surface area contributed by atoms with Crippen molar-refractivity contribution in [2.45, 2.75) is 13.0 Å². The second-order valence-electron chi connectivity index (χ2n) is 7.19. The molecule has 0 spiro atoms. The van der Waals surface area contributed by atoms with Crippen molar-refractivity contribution >= 4 is 47.5 Å². The van der Waals surface area contributed by atoms with E-state index in [1.165, 1.54) is 5.56 Å². The molecule has 1 aromatic heterocycles. The standard InChI is InChI=1S/C21H30ClN7.HI/c1-23-20(27(2)17-18-5-7-19(22)8-6-18)24-11-4-12-28-13-15-29(16-14-28)21-25-9-3-10-26-21;/h3,5-10H,4,11-17H2,1-2H3,(H,23,24);1H. The van der Waals surface area contributed by atoms with Crippen molar-refractivity contribution in [3.05, 3.63) is 53.3 Å². The summed E-state index contributed by atoms with van der Waals surface area (Å²) in [6.45, 7) is 6.81. The van der Waals surface area contributed by atoms with E-state index in [4.69, 9.17) is 11.6 Å². The quantitative estimate of drug-likeness (QED) is 0.251. The Morgan fingerprint density at radius 2 is 1.80 bits per heavy atom.